The molecule has 3 aromatic rings. The van der Waals surface area contributed by atoms with E-state index in [4.69, 9.17) is 5.41 Å². The number of halogens is 2. The Bertz CT molecular complexity index is 1040. The normalized spacial score (nSPS) is 11.1. The number of nitrogens with two attached hydrogens (primary N) is 1. The van der Waals surface area contributed by atoms with Gasteiger partial charge in [0, 0.05) is 28.6 Å². The Morgan fingerprint density at radius 3 is 2.65 bits per heavy atom. The molecule has 0 saturated heterocycles. The van der Waals surface area contributed by atoms with Crippen molar-refractivity contribution < 1.29 is 24.1 Å². The molecular weight excluding hydrogens is 340 g/mol. The van der Waals surface area contributed by atoms with Gasteiger partial charge in [0.2, 0.25) is 11.6 Å². The van der Waals surface area contributed by atoms with Crippen LogP contribution in [0.4, 0.5) is 8.78 Å². The van der Waals surface area contributed by atoms with Gasteiger partial charge in [-0.1, -0.05) is 0 Å². The third kappa shape index (κ3) is 2.86. The number of ketones is 1. The standard InChI is InChI=1S/C19H17F2N3O2/c1-9(25)10-3-6-15-12(7-10)16(19(26)24-15)18(22)11-4-5-14(20)17(21)13(11)8-23-2/h3-7,22-24,26H,8H2,1-2H3/p+1. The highest BCUT2D eigenvalue weighted by atomic mass is 19.2. The molecule has 0 fully saturated rings. The number of aromatic hydroxyl groups is 1. The molecule has 5 N–H and O–H groups in total. The number of nitrogens with one attached hydrogen (secondary N) is 2. The van der Waals surface area contributed by atoms with E-state index in [9.17, 15) is 18.7 Å². The average Bonchev–Trinajstić information content (AvgIpc) is 2.93. The maximum atomic E-state index is 14.2. The molecule has 0 aliphatic heterocycles. The van der Waals surface area contributed by atoms with Crippen LogP contribution in [0.2, 0.25) is 0 Å². The number of hydrogen-bond donors (Lipinski definition) is 4. The van der Waals surface area contributed by atoms with Gasteiger partial charge in [-0.3, -0.25) is 10.2 Å². The molecule has 0 atom stereocenters. The van der Waals surface area contributed by atoms with Crippen LogP contribution in [0, 0.1) is 11.6 Å². The molecule has 1 heterocycles. The van der Waals surface area contributed by atoms with Crippen LogP contribution in [0.15, 0.2) is 30.3 Å². The van der Waals surface area contributed by atoms with Gasteiger partial charge in [-0.15, -0.1) is 0 Å². The van der Waals surface area contributed by atoms with Gasteiger partial charge >= 0.3 is 0 Å². The van der Waals surface area contributed by atoms with Crippen LogP contribution in [0.25, 0.3) is 10.9 Å². The minimum absolute atomic E-state index is 0.0569. The largest absolute Gasteiger partial charge is 0.494 e. The van der Waals surface area contributed by atoms with E-state index < -0.39 is 11.6 Å². The summed E-state index contributed by atoms with van der Waals surface area (Å²) in [6, 6.07) is 7.25. The van der Waals surface area contributed by atoms with Crippen molar-refractivity contribution in [2.75, 3.05) is 7.05 Å². The van der Waals surface area contributed by atoms with Gasteiger partial charge < -0.3 is 15.4 Å². The molecule has 26 heavy (non-hydrogen) atoms. The first-order valence-electron chi connectivity index (χ1n) is 7.95. The fourth-order valence-electron chi connectivity index (χ4n) is 3.00. The molecule has 1 aromatic heterocycles. The molecule has 5 nitrogen and oxygen atoms in total. The summed E-state index contributed by atoms with van der Waals surface area (Å²) in [6.07, 6.45) is 0. The molecule has 0 bridgehead atoms. The van der Waals surface area contributed by atoms with E-state index in [1.165, 1.54) is 13.0 Å². The third-order valence-electron chi connectivity index (χ3n) is 4.29. The number of aromatic nitrogens is 1. The molecule has 0 aliphatic rings. The number of H-pyrrole nitrogens is 1. The summed E-state index contributed by atoms with van der Waals surface area (Å²) in [5, 5.41) is 19.9. The molecule has 0 amide bonds. The molecule has 2 aromatic carbocycles. The Hall–Kier alpha value is -3.06. The number of aromatic amines is 1. The zero-order chi connectivity index (χ0) is 19.0. The monoisotopic (exact) mass is 358 g/mol. The maximum absolute atomic E-state index is 14.2. The van der Waals surface area contributed by atoms with Crippen molar-refractivity contribution in [3.63, 3.8) is 0 Å². The summed E-state index contributed by atoms with van der Waals surface area (Å²) in [7, 11) is 1.60. The van der Waals surface area contributed by atoms with Crippen molar-refractivity contribution in [1.29, 1.82) is 0 Å². The lowest BCUT2D eigenvalue weighted by atomic mass is 9.95. The van der Waals surface area contributed by atoms with Crippen LogP contribution in [0.5, 0.6) is 5.88 Å². The number of carbonyl (C=O) groups excluding carboxylic acids is 1. The van der Waals surface area contributed by atoms with E-state index in [-0.39, 0.29) is 40.6 Å². The number of hydrogen-bond acceptors (Lipinski definition) is 3. The molecule has 0 aliphatic carbocycles. The van der Waals surface area contributed by atoms with E-state index in [0.29, 0.717) is 16.5 Å². The van der Waals surface area contributed by atoms with Crippen molar-refractivity contribution >= 4 is 22.4 Å². The topological polar surface area (TPSA) is 90.7 Å². The molecule has 0 saturated carbocycles. The molecule has 0 radical (unpaired) electrons. The van der Waals surface area contributed by atoms with Crippen molar-refractivity contribution in [3.05, 3.63) is 64.2 Å². The number of benzene rings is 2. The fourth-order valence-corrected chi connectivity index (χ4v) is 3.00. The summed E-state index contributed by atoms with van der Waals surface area (Å²) in [5.74, 6) is -2.32. The third-order valence-corrected chi connectivity index (χ3v) is 4.29. The van der Waals surface area contributed by atoms with Gasteiger partial charge in [-0.25, -0.2) is 8.78 Å². The highest BCUT2D eigenvalue weighted by molar-refractivity contribution is 6.19. The van der Waals surface area contributed by atoms with E-state index >= 15 is 0 Å². The summed E-state index contributed by atoms with van der Waals surface area (Å²) in [5.41, 5.74) is 1.67. The van der Waals surface area contributed by atoms with Crippen molar-refractivity contribution in [2.45, 2.75) is 13.5 Å². The second kappa shape index (κ2) is 6.68. The average molecular weight is 358 g/mol. The Balaban J connectivity index is 2.23. The summed E-state index contributed by atoms with van der Waals surface area (Å²) >= 11 is 0. The quantitative estimate of drug-likeness (QED) is 0.413. The smallest absolute Gasteiger partial charge is 0.217 e. The molecule has 134 valence electrons. The van der Waals surface area contributed by atoms with Gasteiger partial charge in [-0.05, 0) is 44.3 Å². The zero-order valence-corrected chi connectivity index (χ0v) is 14.3. The van der Waals surface area contributed by atoms with Crippen molar-refractivity contribution in [3.8, 4) is 5.88 Å². The molecular formula is C19H18F2N3O2+. The minimum Gasteiger partial charge on any atom is -0.494 e. The van der Waals surface area contributed by atoms with Crippen LogP contribution < -0.4 is 10.7 Å². The molecule has 0 unspecified atom stereocenters. The van der Waals surface area contributed by atoms with E-state index in [1.807, 2.05) is 0 Å². The first kappa shape index (κ1) is 17.8. The summed E-state index contributed by atoms with van der Waals surface area (Å²) < 4.78 is 27.9. The van der Waals surface area contributed by atoms with Crippen molar-refractivity contribution in [1.82, 2.24) is 10.3 Å². The Labute approximate surface area is 148 Å². The maximum Gasteiger partial charge on any atom is 0.217 e. The van der Waals surface area contributed by atoms with Crippen LogP contribution in [0.1, 0.15) is 34.0 Å². The van der Waals surface area contributed by atoms with Crippen LogP contribution in [-0.4, -0.2) is 28.6 Å². The zero-order valence-electron chi connectivity index (χ0n) is 14.3. The van der Waals surface area contributed by atoms with Gasteiger partial charge in [0.05, 0.1) is 5.56 Å². The Kier molecular flexibility index (Phi) is 4.56. The van der Waals surface area contributed by atoms with E-state index in [1.54, 1.807) is 25.2 Å². The summed E-state index contributed by atoms with van der Waals surface area (Å²) in [4.78, 5) is 14.4. The predicted molar refractivity (Wildman–Crippen MR) is 94.2 cm³/mol. The number of fused-ring (bicyclic) bond motifs is 1. The fraction of sp³-hybridized carbons (Fsp3) is 0.158. The lowest BCUT2D eigenvalue weighted by molar-refractivity contribution is -0.111. The first-order chi connectivity index (χ1) is 12.3. The lowest BCUT2D eigenvalue weighted by Gasteiger charge is -2.09. The second-order valence-corrected chi connectivity index (χ2v) is 6.00. The van der Waals surface area contributed by atoms with Crippen LogP contribution in [0.3, 0.4) is 0 Å². The lowest BCUT2D eigenvalue weighted by Crippen LogP contribution is -2.42. The highest BCUT2D eigenvalue weighted by Gasteiger charge is 2.26. The predicted octanol–water partition coefficient (Wildman–Crippen LogP) is 1.67. The Morgan fingerprint density at radius 1 is 1.27 bits per heavy atom. The summed E-state index contributed by atoms with van der Waals surface area (Å²) in [6.45, 7) is 1.49. The van der Waals surface area contributed by atoms with Gasteiger partial charge in [0.15, 0.2) is 17.4 Å². The number of rotatable bonds is 5. The van der Waals surface area contributed by atoms with Gasteiger partial charge in [0.25, 0.3) is 0 Å². The van der Waals surface area contributed by atoms with E-state index in [0.717, 1.165) is 6.07 Å². The van der Waals surface area contributed by atoms with Crippen molar-refractivity contribution in [2.24, 2.45) is 0 Å². The molecule has 0 spiro atoms. The van der Waals surface area contributed by atoms with Crippen LogP contribution in [-0.2, 0) is 6.54 Å². The van der Waals surface area contributed by atoms with Crippen LogP contribution >= 0.6 is 0 Å². The SMILES string of the molecule is CNCc1c(C(=[NH2+])c2c(O)[nH]c3ccc(C(C)=O)cc23)ccc(F)c1F. The minimum atomic E-state index is -0.997. The first-order valence-corrected chi connectivity index (χ1v) is 7.95. The van der Waals surface area contributed by atoms with Gasteiger partial charge in [-0.2, -0.15) is 0 Å². The van der Waals surface area contributed by atoms with E-state index in [2.05, 4.69) is 10.3 Å². The highest BCUT2D eigenvalue weighted by Crippen LogP contribution is 2.31. The number of carbonyl (C=O) groups is 1. The molecule has 3 rings (SSSR count). The number of Topliss-reactive ketones (excluding diaryl/α,β-unsaturated/α-hetero) is 1. The molecule has 7 heteroatoms. The van der Waals surface area contributed by atoms with Gasteiger partial charge in [0.1, 0.15) is 5.56 Å². The second-order valence-electron chi connectivity index (χ2n) is 6.00. The Morgan fingerprint density at radius 2 is 2.00 bits per heavy atom.